The molecule has 0 aromatic heterocycles. The fraction of sp³-hybridized carbons (Fsp3) is 0.538. The minimum absolute atomic E-state index is 0. The molecule has 1 aromatic rings. The molecule has 3 nitrogen and oxygen atoms in total. The Morgan fingerprint density at radius 1 is 1.06 bits per heavy atom. The molecule has 3 N–H and O–H groups in total. The molecule has 0 unspecified atom stereocenters. The molecule has 0 saturated heterocycles. The van der Waals surface area contributed by atoms with Crippen molar-refractivity contribution in [3.8, 4) is 11.5 Å². The van der Waals surface area contributed by atoms with Gasteiger partial charge in [0.05, 0.1) is 0 Å². The van der Waals surface area contributed by atoms with Crippen molar-refractivity contribution in [1.29, 1.82) is 0 Å². The van der Waals surface area contributed by atoms with Gasteiger partial charge >= 0.3 is 0 Å². The van der Waals surface area contributed by atoms with Gasteiger partial charge in [-0.2, -0.15) is 0 Å². The van der Waals surface area contributed by atoms with Crippen LogP contribution in [0.5, 0.6) is 11.5 Å². The standard InChI is InChI=1S/C13H18O3.Y/c14-8-9-1-3-10(4-2-9)12-6-5-11(15)7-13(12)16;/h5-7,9-10,14-16H,1-4,8H2;. The van der Waals surface area contributed by atoms with Crippen molar-refractivity contribution < 1.29 is 48.0 Å². The molecular weight excluding hydrogens is 293 g/mol. The van der Waals surface area contributed by atoms with Crippen LogP contribution in [0.3, 0.4) is 0 Å². The number of aliphatic hydroxyl groups excluding tert-OH is 1. The second-order valence-corrected chi connectivity index (χ2v) is 4.64. The van der Waals surface area contributed by atoms with Gasteiger partial charge in [0, 0.05) is 45.4 Å². The molecule has 0 spiro atoms. The molecular formula is C13H18O3Y. The third-order valence-electron chi connectivity index (χ3n) is 3.56. The van der Waals surface area contributed by atoms with Crippen molar-refractivity contribution >= 4 is 0 Å². The summed E-state index contributed by atoms with van der Waals surface area (Å²) >= 11 is 0. The van der Waals surface area contributed by atoms with E-state index in [0.29, 0.717) is 11.8 Å². The van der Waals surface area contributed by atoms with Gasteiger partial charge < -0.3 is 15.3 Å². The topological polar surface area (TPSA) is 60.7 Å². The summed E-state index contributed by atoms with van der Waals surface area (Å²) in [4.78, 5) is 0. The molecule has 1 aliphatic rings. The first-order chi connectivity index (χ1) is 7.70. The molecule has 1 radical (unpaired) electrons. The normalized spacial score (nSPS) is 24.1. The summed E-state index contributed by atoms with van der Waals surface area (Å²) in [6.45, 7) is 0.272. The zero-order valence-electron chi connectivity index (χ0n) is 9.84. The number of phenolic OH excluding ortho intramolecular Hbond substituents is 2. The van der Waals surface area contributed by atoms with Crippen molar-refractivity contribution in [3.05, 3.63) is 23.8 Å². The monoisotopic (exact) mass is 311 g/mol. The largest absolute Gasteiger partial charge is 0.508 e. The minimum Gasteiger partial charge on any atom is -0.508 e. The van der Waals surface area contributed by atoms with Crippen LogP contribution in [0.1, 0.15) is 37.2 Å². The molecule has 0 heterocycles. The van der Waals surface area contributed by atoms with E-state index in [1.807, 2.05) is 0 Å². The Kier molecular flexibility index (Phi) is 5.91. The van der Waals surface area contributed by atoms with Gasteiger partial charge in [0.15, 0.2) is 0 Å². The van der Waals surface area contributed by atoms with Crippen molar-refractivity contribution in [2.45, 2.75) is 31.6 Å². The maximum absolute atomic E-state index is 9.76. The van der Waals surface area contributed by atoms with Crippen molar-refractivity contribution in [2.24, 2.45) is 5.92 Å². The molecule has 2 rings (SSSR count). The third kappa shape index (κ3) is 3.67. The van der Waals surface area contributed by atoms with E-state index in [9.17, 15) is 10.2 Å². The Labute approximate surface area is 127 Å². The Balaban J connectivity index is 0.00000144. The first-order valence-corrected chi connectivity index (χ1v) is 5.83. The van der Waals surface area contributed by atoms with Crippen LogP contribution in [0.15, 0.2) is 18.2 Å². The van der Waals surface area contributed by atoms with Gasteiger partial charge in [-0.05, 0) is 49.1 Å². The van der Waals surface area contributed by atoms with Crippen LogP contribution < -0.4 is 0 Å². The fourth-order valence-corrected chi connectivity index (χ4v) is 2.53. The smallest absolute Gasteiger partial charge is 0.122 e. The summed E-state index contributed by atoms with van der Waals surface area (Å²) in [5.74, 6) is 1.08. The molecule has 0 amide bonds. The molecule has 4 heteroatoms. The van der Waals surface area contributed by atoms with E-state index in [1.54, 1.807) is 12.1 Å². The van der Waals surface area contributed by atoms with Gasteiger partial charge in [-0.3, -0.25) is 0 Å². The Bertz CT molecular complexity index is 360. The average molecular weight is 311 g/mol. The first kappa shape index (κ1) is 14.9. The molecule has 1 fully saturated rings. The first-order valence-electron chi connectivity index (χ1n) is 5.83. The van der Waals surface area contributed by atoms with Crippen LogP contribution in [-0.4, -0.2) is 21.9 Å². The van der Waals surface area contributed by atoms with Crippen LogP contribution in [0.2, 0.25) is 0 Å². The van der Waals surface area contributed by atoms with Gasteiger partial charge in [-0.15, -0.1) is 0 Å². The van der Waals surface area contributed by atoms with Gasteiger partial charge in [-0.1, -0.05) is 6.07 Å². The molecule has 0 aliphatic heterocycles. The quantitative estimate of drug-likeness (QED) is 0.786. The SMILES string of the molecule is OCC1CCC(c2ccc(O)cc2O)CC1.[Y]. The number of hydrogen-bond acceptors (Lipinski definition) is 3. The Morgan fingerprint density at radius 2 is 1.71 bits per heavy atom. The second-order valence-electron chi connectivity index (χ2n) is 4.64. The number of aliphatic hydroxyl groups is 1. The maximum atomic E-state index is 9.76. The summed E-state index contributed by atoms with van der Waals surface area (Å²) in [6.07, 6.45) is 4.04. The van der Waals surface area contributed by atoms with Gasteiger partial charge in [0.2, 0.25) is 0 Å². The number of aromatic hydroxyl groups is 2. The molecule has 1 aromatic carbocycles. The van der Waals surface area contributed by atoms with Crippen LogP contribution in [0.4, 0.5) is 0 Å². The van der Waals surface area contributed by atoms with Crippen LogP contribution in [0, 0.1) is 5.92 Å². The predicted molar refractivity (Wildman–Crippen MR) is 61.6 cm³/mol. The minimum atomic E-state index is 0. The number of hydrogen-bond donors (Lipinski definition) is 3. The third-order valence-corrected chi connectivity index (χ3v) is 3.56. The van der Waals surface area contributed by atoms with E-state index in [1.165, 1.54) is 6.07 Å². The van der Waals surface area contributed by atoms with Gasteiger partial charge in [0.25, 0.3) is 0 Å². The maximum Gasteiger partial charge on any atom is 0.122 e. The molecule has 1 saturated carbocycles. The van der Waals surface area contributed by atoms with E-state index in [2.05, 4.69) is 0 Å². The number of phenols is 2. The zero-order chi connectivity index (χ0) is 11.5. The molecule has 1 aliphatic carbocycles. The van der Waals surface area contributed by atoms with Crippen molar-refractivity contribution in [3.63, 3.8) is 0 Å². The van der Waals surface area contributed by atoms with Crippen LogP contribution in [-0.2, 0) is 32.7 Å². The van der Waals surface area contributed by atoms with Crippen LogP contribution >= 0.6 is 0 Å². The molecule has 0 bridgehead atoms. The van der Waals surface area contributed by atoms with E-state index >= 15 is 0 Å². The molecule has 91 valence electrons. The summed E-state index contributed by atoms with van der Waals surface area (Å²) < 4.78 is 0. The Hall–Kier alpha value is -0.116. The summed E-state index contributed by atoms with van der Waals surface area (Å²) in [6, 6.07) is 4.81. The summed E-state index contributed by atoms with van der Waals surface area (Å²) in [5.41, 5.74) is 0.925. The number of rotatable bonds is 2. The van der Waals surface area contributed by atoms with E-state index in [4.69, 9.17) is 5.11 Å². The van der Waals surface area contributed by atoms with Crippen LogP contribution in [0.25, 0.3) is 0 Å². The molecule has 17 heavy (non-hydrogen) atoms. The van der Waals surface area contributed by atoms with E-state index in [-0.39, 0.29) is 50.8 Å². The number of benzene rings is 1. The van der Waals surface area contributed by atoms with Gasteiger partial charge in [0.1, 0.15) is 11.5 Å². The van der Waals surface area contributed by atoms with Crippen molar-refractivity contribution in [2.75, 3.05) is 6.61 Å². The van der Waals surface area contributed by atoms with Crippen molar-refractivity contribution in [1.82, 2.24) is 0 Å². The average Bonchev–Trinajstić information content (AvgIpc) is 2.29. The summed E-state index contributed by atoms with van der Waals surface area (Å²) in [7, 11) is 0. The predicted octanol–water partition coefficient (Wildman–Crippen LogP) is 2.36. The van der Waals surface area contributed by atoms with E-state index < -0.39 is 0 Å². The van der Waals surface area contributed by atoms with E-state index in [0.717, 1.165) is 31.2 Å². The second kappa shape index (κ2) is 6.72. The van der Waals surface area contributed by atoms with Gasteiger partial charge in [-0.25, -0.2) is 0 Å². The Morgan fingerprint density at radius 3 is 2.24 bits per heavy atom. The molecule has 0 atom stereocenters. The fourth-order valence-electron chi connectivity index (χ4n) is 2.53. The summed E-state index contributed by atoms with van der Waals surface area (Å²) in [5, 5.41) is 28.0. The zero-order valence-corrected chi connectivity index (χ0v) is 12.7.